The minimum atomic E-state index is -4.76. The van der Waals surface area contributed by atoms with Gasteiger partial charge in [-0.15, -0.1) is 0 Å². The second kappa shape index (κ2) is 9.82. The van der Waals surface area contributed by atoms with E-state index in [0.29, 0.717) is 33.9 Å². The summed E-state index contributed by atoms with van der Waals surface area (Å²) in [6, 6.07) is 13.1. The average Bonchev–Trinajstić information content (AvgIpc) is 2.82. The molecule has 4 amide bonds. The van der Waals surface area contributed by atoms with Gasteiger partial charge < -0.3 is 4.74 Å². The van der Waals surface area contributed by atoms with E-state index in [4.69, 9.17) is 16.3 Å². The maximum atomic E-state index is 13.8. The molecule has 0 saturated carbocycles. The molecule has 1 N–H and O–H groups in total. The molecule has 0 bridgehead atoms. The quantitative estimate of drug-likeness (QED) is 0.265. The molecular weight excluding hydrogens is 504 g/mol. The Hall–Kier alpha value is -4.18. The van der Waals surface area contributed by atoms with Gasteiger partial charge in [-0.2, -0.15) is 13.2 Å². The lowest BCUT2D eigenvalue weighted by Crippen LogP contribution is -2.54. The van der Waals surface area contributed by atoms with Gasteiger partial charge in [0, 0.05) is 5.56 Å². The molecule has 0 aliphatic carbocycles. The van der Waals surface area contributed by atoms with Crippen molar-refractivity contribution in [2.24, 2.45) is 0 Å². The van der Waals surface area contributed by atoms with Gasteiger partial charge >= 0.3 is 12.2 Å². The third-order valence-electron chi connectivity index (χ3n) is 5.14. The summed E-state index contributed by atoms with van der Waals surface area (Å²) in [5.41, 5.74) is -1.56. The third kappa shape index (κ3) is 5.23. The zero-order valence-electron chi connectivity index (χ0n) is 18.1. The average molecular weight is 519 g/mol. The highest BCUT2D eigenvalue weighted by atomic mass is 35.5. The van der Waals surface area contributed by atoms with Gasteiger partial charge in [0.1, 0.15) is 23.7 Å². The maximum absolute atomic E-state index is 13.8. The van der Waals surface area contributed by atoms with Crippen molar-refractivity contribution in [1.29, 1.82) is 0 Å². The molecule has 0 atom stereocenters. The van der Waals surface area contributed by atoms with Crippen LogP contribution < -0.4 is 15.0 Å². The lowest BCUT2D eigenvalue weighted by molar-refractivity contribution is -0.137. The molecule has 4 rings (SSSR count). The predicted molar refractivity (Wildman–Crippen MR) is 123 cm³/mol. The fourth-order valence-corrected chi connectivity index (χ4v) is 3.58. The summed E-state index contributed by atoms with van der Waals surface area (Å²) in [4.78, 5) is 38.2. The second-order valence-corrected chi connectivity index (χ2v) is 7.98. The van der Waals surface area contributed by atoms with Crippen molar-refractivity contribution in [1.82, 2.24) is 5.32 Å². The second-order valence-electron chi connectivity index (χ2n) is 7.57. The zero-order valence-corrected chi connectivity index (χ0v) is 18.9. The molecule has 1 heterocycles. The highest BCUT2D eigenvalue weighted by molar-refractivity contribution is 6.42. The van der Waals surface area contributed by atoms with Crippen molar-refractivity contribution in [3.63, 3.8) is 0 Å². The van der Waals surface area contributed by atoms with Crippen LogP contribution in [-0.4, -0.2) is 17.8 Å². The Morgan fingerprint density at radius 3 is 2.44 bits per heavy atom. The number of barbiturate groups is 1. The number of carbonyl (C=O) groups is 3. The van der Waals surface area contributed by atoms with E-state index >= 15 is 0 Å². The molecule has 1 saturated heterocycles. The van der Waals surface area contributed by atoms with Crippen LogP contribution in [0.25, 0.3) is 6.08 Å². The Kier molecular flexibility index (Phi) is 6.80. The normalized spacial score (nSPS) is 15.3. The summed E-state index contributed by atoms with van der Waals surface area (Å²) in [5, 5.41) is 1.63. The Morgan fingerprint density at radius 2 is 1.72 bits per heavy atom. The summed E-state index contributed by atoms with van der Waals surface area (Å²) in [6.45, 7) is -0.0809. The minimum absolute atomic E-state index is 0.0809. The van der Waals surface area contributed by atoms with E-state index in [9.17, 15) is 31.9 Å². The summed E-state index contributed by atoms with van der Waals surface area (Å²) in [5.74, 6) is -2.35. The number of carbonyl (C=O) groups excluding carboxylic acids is 3. The number of ether oxygens (including phenoxy) is 1. The van der Waals surface area contributed by atoms with E-state index in [1.807, 2.05) is 5.32 Å². The summed E-state index contributed by atoms with van der Waals surface area (Å²) in [6.07, 6.45) is -3.61. The number of alkyl halides is 3. The van der Waals surface area contributed by atoms with Crippen LogP contribution in [0.15, 0.2) is 72.3 Å². The highest BCUT2D eigenvalue weighted by Crippen LogP contribution is 2.36. The number of nitrogens with zero attached hydrogens (tertiary/aromatic N) is 1. The molecule has 1 fully saturated rings. The van der Waals surface area contributed by atoms with E-state index in [1.165, 1.54) is 18.2 Å². The highest BCUT2D eigenvalue weighted by Gasteiger charge is 2.39. The Morgan fingerprint density at radius 1 is 0.972 bits per heavy atom. The fraction of sp³-hybridized carbons (Fsp3) is 0.0800. The molecule has 6 nitrogen and oxygen atoms in total. The van der Waals surface area contributed by atoms with E-state index in [-0.39, 0.29) is 11.6 Å². The number of imide groups is 2. The van der Waals surface area contributed by atoms with Crippen LogP contribution in [0.3, 0.4) is 0 Å². The van der Waals surface area contributed by atoms with Crippen molar-refractivity contribution < 1.29 is 36.7 Å². The van der Waals surface area contributed by atoms with Gasteiger partial charge in [-0.05, 0) is 48.0 Å². The third-order valence-corrected chi connectivity index (χ3v) is 5.46. The first-order valence-corrected chi connectivity index (χ1v) is 10.7. The Bertz CT molecular complexity index is 1400. The van der Waals surface area contributed by atoms with Crippen LogP contribution in [0.2, 0.25) is 5.02 Å². The first-order valence-electron chi connectivity index (χ1n) is 10.3. The number of rotatable bonds is 5. The number of halogens is 5. The first-order chi connectivity index (χ1) is 17.0. The van der Waals surface area contributed by atoms with Crippen LogP contribution >= 0.6 is 11.6 Å². The number of benzene rings is 3. The number of nitrogens with one attached hydrogen (secondary N) is 1. The van der Waals surface area contributed by atoms with E-state index < -0.39 is 46.7 Å². The smallest absolute Gasteiger partial charge is 0.416 e. The lowest BCUT2D eigenvalue weighted by Gasteiger charge is -2.27. The Balaban J connectivity index is 1.63. The number of hydrogen-bond donors (Lipinski definition) is 1. The van der Waals surface area contributed by atoms with E-state index in [2.05, 4.69) is 0 Å². The van der Waals surface area contributed by atoms with Crippen molar-refractivity contribution >= 4 is 41.2 Å². The van der Waals surface area contributed by atoms with Gasteiger partial charge in [0.05, 0.1) is 16.3 Å². The standard InChI is InChI=1S/C25H15ClF4N2O4/c26-19-9-8-16(25(28,29)30)12-21(19)32-23(34)18(22(33)31-24(32)35)11-14-4-3-6-17(10-14)36-13-15-5-1-2-7-20(15)27/h1-12H,13H2,(H,31,33,35)/b18-11+. The van der Waals surface area contributed by atoms with E-state index in [0.717, 1.165) is 12.1 Å². The summed E-state index contributed by atoms with van der Waals surface area (Å²) >= 11 is 5.98. The summed E-state index contributed by atoms with van der Waals surface area (Å²) < 4.78 is 58.9. The fourth-order valence-electron chi connectivity index (χ4n) is 3.37. The number of anilines is 1. The molecule has 3 aromatic rings. The molecule has 184 valence electrons. The van der Waals surface area contributed by atoms with Gasteiger partial charge in [-0.3, -0.25) is 14.9 Å². The van der Waals surface area contributed by atoms with E-state index in [1.54, 1.807) is 30.3 Å². The monoisotopic (exact) mass is 518 g/mol. The van der Waals surface area contributed by atoms with Crippen molar-refractivity contribution in [2.75, 3.05) is 4.90 Å². The van der Waals surface area contributed by atoms with Gasteiger partial charge in [0.2, 0.25) is 0 Å². The predicted octanol–water partition coefficient (Wildman–Crippen LogP) is 5.74. The topological polar surface area (TPSA) is 75.7 Å². The minimum Gasteiger partial charge on any atom is -0.489 e. The molecule has 1 aliphatic rings. The molecule has 11 heteroatoms. The molecular formula is C25H15ClF4N2O4. The molecule has 0 unspecified atom stereocenters. The van der Waals surface area contributed by atoms with Gasteiger partial charge in [-0.25, -0.2) is 14.1 Å². The number of amides is 4. The molecule has 0 radical (unpaired) electrons. The van der Waals surface area contributed by atoms with Crippen LogP contribution in [0.5, 0.6) is 5.75 Å². The first kappa shape index (κ1) is 24.9. The van der Waals surface area contributed by atoms with Crippen molar-refractivity contribution in [2.45, 2.75) is 12.8 Å². The molecule has 3 aromatic carbocycles. The number of hydrogen-bond acceptors (Lipinski definition) is 4. The zero-order chi connectivity index (χ0) is 26.0. The van der Waals surface area contributed by atoms with Gasteiger partial charge in [0.15, 0.2) is 0 Å². The van der Waals surface area contributed by atoms with Crippen molar-refractivity contribution in [3.05, 3.63) is 99.8 Å². The molecule has 1 aliphatic heterocycles. The Labute approximate surface area is 206 Å². The maximum Gasteiger partial charge on any atom is 0.416 e. The lowest BCUT2D eigenvalue weighted by atomic mass is 10.1. The van der Waals surface area contributed by atoms with Crippen LogP contribution in [0, 0.1) is 5.82 Å². The SMILES string of the molecule is O=C1NC(=O)N(c2cc(C(F)(F)F)ccc2Cl)C(=O)/C1=C/c1cccc(OCc2ccccc2F)c1. The molecule has 0 aromatic heterocycles. The summed E-state index contributed by atoms with van der Waals surface area (Å²) in [7, 11) is 0. The molecule has 0 spiro atoms. The van der Waals surface area contributed by atoms with Gasteiger partial charge in [0.25, 0.3) is 11.8 Å². The van der Waals surface area contributed by atoms with Crippen LogP contribution in [0.1, 0.15) is 16.7 Å². The largest absolute Gasteiger partial charge is 0.489 e. The van der Waals surface area contributed by atoms with Crippen molar-refractivity contribution in [3.8, 4) is 5.75 Å². The van der Waals surface area contributed by atoms with Crippen LogP contribution in [0.4, 0.5) is 28.0 Å². The molecule has 36 heavy (non-hydrogen) atoms. The number of urea groups is 1. The van der Waals surface area contributed by atoms with Crippen LogP contribution in [-0.2, 0) is 22.4 Å². The van der Waals surface area contributed by atoms with Gasteiger partial charge in [-0.1, -0.05) is 41.9 Å².